The summed E-state index contributed by atoms with van der Waals surface area (Å²) in [4.78, 5) is 22.3. The Balaban J connectivity index is 2.86. The summed E-state index contributed by atoms with van der Waals surface area (Å²) in [5.41, 5.74) is 1.09. The number of hydrogen-bond acceptors (Lipinski definition) is 2. The molecule has 0 heterocycles. The number of Topliss-reactive ketones (excluding diaryl/α,β-unsaturated/α-hetero) is 1. The van der Waals surface area contributed by atoms with E-state index >= 15 is 0 Å². The number of allylic oxidation sites excluding steroid dienone is 2. The van der Waals surface area contributed by atoms with Crippen molar-refractivity contribution < 1.29 is 9.59 Å². The van der Waals surface area contributed by atoms with Crippen LogP contribution in [0.2, 0.25) is 0 Å². The molecular weight excluding hydrogens is 152 g/mol. The molecule has 1 aliphatic carbocycles. The fraction of sp³-hybridized carbons (Fsp3) is 0.600. The van der Waals surface area contributed by atoms with Crippen LogP contribution in [0.3, 0.4) is 0 Å². The number of hydrogen-bond donors (Lipinski definition) is 0. The van der Waals surface area contributed by atoms with Crippen LogP contribution < -0.4 is 0 Å². The zero-order chi connectivity index (χ0) is 9.30. The van der Waals surface area contributed by atoms with Gasteiger partial charge in [-0.05, 0) is 32.3 Å². The Kier molecular flexibility index (Phi) is 2.46. The first kappa shape index (κ1) is 9.17. The Hall–Kier alpha value is -0.920. The molecule has 1 aliphatic rings. The third-order valence-corrected chi connectivity index (χ3v) is 2.57. The van der Waals surface area contributed by atoms with Crippen molar-refractivity contribution in [3.63, 3.8) is 0 Å². The zero-order valence-electron chi connectivity index (χ0n) is 7.76. The van der Waals surface area contributed by atoms with E-state index in [4.69, 9.17) is 0 Å². The first-order valence-electron chi connectivity index (χ1n) is 4.25. The van der Waals surface area contributed by atoms with Gasteiger partial charge in [0.2, 0.25) is 0 Å². The van der Waals surface area contributed by atoms with Gasteiger partial charge < -0.3 is 0 Å². The normalized spacial score (nSPS) is 29.9. The van der Waals surface area contributed by atoms with Gasteiger partial charge in [-0.3, -0.25) is 9.59 Å². The molecule has 2 heteroatoms. The number of ketones is 2. The van der Waals surface area contributed by atoms with Crippen LogP contribution in [-0.4, -0.2) is 11.6 Å². The Morgan fingerprint density at radius 3 is 2.67 bits per heavy atom. The van der Waals surface area contributed by atoms with Gasteiger partial charge in [-0.25, -0.2) is 0 Å². The third kappa shape index (κ3) is 1.63. The van der Waals surface area contributed by atoms with Crippen molar-refractivity contribution in [3.05, 3.63) is 11.6 Å². The summed E-state index contributed by atoms with van der Waals surface area (Å²) >= 11 is 0. The number of rotatable bonds is 1. The van der Waals surface area contributed by atoms with Gasteiger partial charge in [0.1, 0.15) is 5.78 Å². The maximum Gasteiger partial charge on any atom is 0.166 e. The van der Waals surface area contributed by atoms with Gasteiger partial charge in [-0.2, -0.15) is 0 Å². The highest BCUT2D eigenvalue weighted by atomic mass is 16.1. The molecule has 0 spiro atoms. The van der Waals surface area contributed by atoms with E-state index in [2.05, 4.69) is 0 Å². The summed E-state index contributed by atoms with van der Waals surface area (Å²) in [6.45, 7) is 5.48. The van der Waals surface area contributed by atoms with E-state index in [-0.39, 0.29) is 17.5 Å². The molecule has 0 N–H and O–H groups in total. The van der Waals surface area contributed by atoms with Crippen molar-refractivity contribution >= 4 is 11.6 Å². The predicted octanol–water partition coefficient (Wildman–Crippen LogP) is 1.75. The molecular formula is C10H14O2. The monoisotopic (exact) mass is 166 g/mol. The van der Waals surface area contributed by atoms with Crippen molar-refractivity contribution in [1.82, 2.24) is 0 Å². The minimum Gasteiger partial charge on any atom is -0.299 e. The van der Waals surface area contributed by atoms with Crippen molar-refractivity contribution in [2.75, 3.05) is 0 Å². The van der Waals surface area contributed by atoms with Crippen molar-refractivity contribution in [1.29, 1.82) is 0 Å². The summed E-state index contributed by atoms with van der Waals surface area (Å²) < 4.78 is 0. The molecule has 0 aliphatic heterocycles. The van der Waals surface area contributed by atoms with Crippen LogP contribution in [0.4, 0.5) is 0 Å². The van der Waals surface area contributed by atoms with E-state index in [0.717, 1.165) is 5.57 Å². The topological polar surface area (TPSA) is 34.1 Å². The Morgan fingerprint density at radius 2 is 2.17 bits per heavy atom. The third-order valence-electron chi connectivity index (χ3n) is 2.57. The first-order chi connectivity index (χ1) is 5.52. The molecule has 0 aromatic heterocycles. The standard InChI is InChI=1S/C10H14O2/c1-6-4-9(8(3)11)10(12)5-7(6)2/h5-6,9H,4H2,1-3H3. The largest absolute Gasteiger partial charge is 0.299 e. The van der Waals surface area contributed by atoms with Crippen molar-refractivity contribution in [2.45, 2.75) is 27.2 Å². The van der Waals surface area contributed by atoms with Gasteiger partial charge >= 0.3 is 0 Å². The van der Waals surface area contributed by atoms with Gasteiger partial charge in [0.05, 0.1) is 5.92 Å². The minimum absolute atomic E-state index is 0.00407. The summed E-state index contributed by atoms with van der Waals surface area (Å²) in [6.07, 6.45) is 2.30. The van der Waals surface area contributed by atoms with E-state index in [1.165, 1.54) is 6.92 Å². The number of carbonyl (C=O) groups is 2. The van der Waals surface area contributed by atoms with Crippen molar-refractivity contribution in [3.8, 4) is 0 Å². The zero-order valence-corrected chi connectivity index (χ0v) is 7.76. The molecule has 0 aromatic rings. The molecule has 12 heavy (non-hydrogen) atoms. The average Bonchev–Trinajstić information content (AvgIpc) is 1.96. The van der Waals surface area contributed by atoms with Crippen LogP contribution in [0.15, 0.2) is 11.6 Å². The molecule has 0 saturated carbocycles. The summed E-state index contributed by atoms with van der Waals surface area (Å²) in [5.74, 6) is -0.0194. The maximum absolute atomic E-state index is 11.3. The second kappa shape index (κ2) is 3.21. The molecule has 2 nitrogen and oxygen atoms in total. The molecule has 1 rings (SSSR count). The Bertz CT molecular complexity index is 251. The molecule has 2 unspecified atom stereocenters. The van der Waals surface area contributed by atoms with E-state index in [1.807, 2.05) is 13.8 Å². The molecule has 0 amide bonds. The van der Waals surface area contributed by atoms with Crippen LogP contribution in [0, 0.1) is 11.8 Å². The lowest BCUT2D eigenvalue weighted by atomic mass is 9.80. The lowest BCUT2D eigenvalue weighted by Gasteiger charge is -2.22. The van der Waals surface area contributed by atoms with E-state index < -0.39 is 0 Å². The Labute approximate surface area is 72.7 Å². The molecule has 0 bridgehead atoms. The highest BCUT2D eigenvalue weighted by Crippen LogP contribution is 2.26. The SMILES string of the molecule is CC(=O)C1CC(C)C(C)=CC1=O. The second-order valence-electron chi connectivity index (χ2n) is 3.59. The van der Waals surface area contributed by atoms with Gasteiger partial charge in [-0.1, -0.05) is 12.5 Å². The molecule has 66 valence electrons. The van der Waals surface area contributed by atoms with Gasteiger partial charge in [-0.15, -0.1) is 0 Å². The highest BCUT2D eigenvalue weighted by molar-refractivity contribution is 6.07. The second-order valence-corrected chi connectivity index (χ2v) is 3.59. The quantitative estimate of drug-likeness (QED) is 0.556. The first-order valence-corrected chi connectivity index (χ1v) is 4.25. The van der Waals surface area contributed by atoms with E-state index in [1.54, 1.807) is 6.08 Å². The number of carbonyl (C=O) groups excluding carboxylic acids is 2. The van der Waals surface area contributed by atoms with E-state index in [0.29, 0.717) is 12.3 Å². The molecule has 0 aromatic carbocycles. The summed E-state index contributed by atoms with van der Waals surface area (Å²) in [7, 11) is 0. The van der Waals surface area contributed by atoms with Crippen molar-refractivity contribution in [2.24, 2.45) is 11.8 Å². The lowest BCUT2D eigenvalue weighted by molar-refractivity contribution is -0.130. The smallest absolute Gasteiger partial charge is 0.166 e. The summed E-state index contributed by atoms with van der Waals surface area (Å²) in [5, 5.41) is 0. The Morgan fingerprint density at radius 1 is 1.58 bits per heavy atom. The van der Waals surface area contributed by atoms with Crippen LogP contribution >= 0.6 is 0 Å². The molecule has 0 radical (unpaired) electrons. The maximum atomic E-state index is 11.3. The molecule has 0 saturated heterocycles. The van der Waals surface area contributed by atoms with Gasteiger partial charge in [0.25, 0.3) is 0 Å². The summed E-state index contributed by atoms with van der Waals surface area (Å²) in [6, 6.07) is 0. The average molecular weight is 166 g/mol. The molecule has 2 atom stereocenters. The van der Waals surface area contributed by atoms with Crippen LogP contribution in [0.25, 0.3) is 0 Å². The van der Waals surface area contributed by atoms with Crippen LogP contribution in [0.1, 0.15) is 27.2 Å². The molecule has 0 fully saturated rings. The highest BCUT2D eigenvalue weighted by Gasteiger charge is 2.28. The van der Waals surface area contributed by atoms with Gasteiger partial charge in [0.15, 0.2) is 5.78 Å². The van der Waals surface area contributed by atoms with Gasteiger partial charge in [0, 0.05) is 0 Å². The minimum atomic E-state index is -0.372. The van der Waals surface area contributed by atoms with Crippen LogP contribution in [-0.2, 0) is 9.59 Å². The predicted molar refractivity (Wildman–Crippen MR) is 46.7 cm³/mol. The van der Waals surface area contributed by atoms with E-state index in [9.17, 15) is 9.59 Å². The lowest BCUT2D eigenvalue weighted by Crippen LogP contribution is -2.27. The fourth-order valence-electron chi connectivity index (χ4n) is 1.49. The fourth-order valence-corrected chi connectivity index (χ4v) is 1.49. The van der Waals surface area contributed by atoms with Crippen LogP contribution in [0.5, 0.6) is 0 Å².